The van der Waals surface area contributed by atoms with E-state index in [0.717, 1.165) is 47.3 Å². The van der Waals surface area contributed by atoms with Crippen molar-refractivity contribution in [3.63, 3.8) is 0 Å². The summed E-state index contributed by atoms with van der Waals surface area (Å²) in [6.45, 7) is 7.06. The first-order valence-electron chi connectivity index (χ1n) is 8.93. The fourth-order valence-corrected chi connectivity index (χ4v) is 3.67. The first kappa shape index (κ1) is 15.3. The highest BCUT2D eigenvalue weighted by Gasteiger charge is 2.23. The molecule has 5 rings (SSSR count). The third kappa shape index (κ3) is 2.25. The molecule has 0 spiro atoms. The number of aromatic nitrogens is 6. The van der Waals surface area contributed by atoms with Gasteiger partial charge in [0.1, 0.15) is 5.82 Å². The molecular formula is C20H20N6. The van der Waals surface area contributed by atoms with Crippen molar-refractivity contribution < 1.29 is 0 Å². The van der Waals surface area contributed by atoms with E-state index in [1.54, 1.807) is 0 Å². The van der Waals surface area contributed by atoms with Gasteiger partial charge in [0.2, 0.25) is 0 Å². The molecule has 0 unspecified atom stereocenters. The van der Waals surface area contributed by atoms with Crippen molar-refractivity contribution in [2.24, 2.45) is 0 Å². The van der Waals surface area contributed by atoms with E-state index in [1.165, 1.54) is 11.1 Å². The average molecular weight is 344 g/mol. The number of aryl methyl sites for hydroxylation is 2. The molecule has 4 heterocycles. The lowest BCUT2D eigenvalue weighted by molar-refractivity contribution is 0.693. The maximum Gasteiger partial charge on any atom is 0.177 e. The quantitative estimate of drug-likeness (QED) is 0.504. The van der Waals surface area contributed by atoms with Gasteiger partial charge in [-0.3, -0.25) is 4.98 Å². The minimum atomic E-state index is 0.256. The largest absolute Gasteiger partial charge is 0.326 e. The molecule has 3 aromatic heterocycles. The van der Waals surface area contributed by atoms with Gasteiger partial charge in [-0.05, 0) is 19.4 Å². The van der Waals surface area contributed by atoms with Crippen molar-refractivity contribution in [2.75, 3.05) is 0 Å². The van der Waals surface area contributed by atoms with Crippen LogP contribution in [0.2, 0.25) is 0 Å². The molecule has 1 aliphatic rings. The zero-order valence-corrected chi connectivity index (χ0v) is 15.1. The lowest BCUT2D eigenvalue weighted by Crippen LogP contribution is -2.02. The predicted octanol–water partition coefficient (Wildman–Crippen LogP) is 3.31. The van der Waals surface area contributed by atoms with Crippen molar-refractivity contribution in [3.05, 3.63) is 65.1 Å². The van der Waals surface area contributed by atoms with Gasteiger partial charge in [0.25, 0.3) is 0 Å². The van der Waals surface area contributed by atoms with Crippen LogP contribution in [0, 0.1) is 13.8 Å². The molecule has 26 heavy (non-hydrogen) atoms. The van der Waals surface area contributed by atoms with Crippen LogP contribution in [0.25, 0.3) is 17.0 Å². The molecule has 1 aromatic carbocycles. The molecule has 0 saturated carbocycles. The van der Waals surface area contributed by atoms with Gasteiger partial charge in [-0.25, -0.2) is 14.5 Å². The number of benzene rings is 1. The van der Waals surface area contributed by atoms with Crippen molar-refractivity contribution in [1.29, 1.82) is 0 Å². The number of imidazole rings is 1. The minimum absolute atomic E-state index is 0.256. The van der Waals surface area contributed by atoms with E-state index >= 15 is 0 Å². The molecular weight excluding hydrogens is 324 g/mol. The van der Waals surface area contributed by atoms with Gasteiger partial charge < -0.3 is 4.57 Å². The highest BCUT2D eigenvalue weighted by atomic mass is 15.3. The number of hydrogen-bond acceptors (Lipinski definition) is 4. The van der Waals surface area contributed by atoms with Crippen LogP contribution in [-0.4, -0.2) is 29.1 Å². The summed E-state index contributed by atoms with van der Waals surface area (Å²) in [4.78, 5) is 14.0. The van der Waals surface area contributed by atoms with Crippen LogP contribution in [0.3, 0.4) is 0 Å². The fourth-order valence-electron chi connectivity index (χ4n) is 3.67. The molecule has 0 radical (unpaired) electrons. The fraction of sp³-hybridized carbons (Fsp3) is 0.300. The molecule has 0 fully saturated rings. The number of rotatable bonds is 3. The first-order valence-corrected chi connectivity index (χ1v) is 8.93. The smallest absolute Gasteiger partial charge is 0.177 e. The maximum atomic E-state index is 4.91. The summed E-state index contributed by atoms with van der Waals surface area (Å²) in [6.07, 6.45) is 4.77. The molecule has 0 N–H and O–H groups in total. The Hall–Kier alpha value is -3.02. The molecule has 0 aliphatic carbocycles. The van der Waals surface area contributed by atoms with E-state index in [1.807, 2.05) is 24.6 Å². The van der Waals surface area contributed by atoms with Crippen LogP contribution in [0.5, 0.6) is 0 Å². The second-order valence-electron chi connectivity index (χ2n) is 7.13. The van der Waals surface area contributed by atoms with Gasteiger partial charge in [-0.2, -0.15) is 5.10 Å². The van der Waals surface area contributed by atoms with Crippen LogP contribution in [-0.2, 0) is 13.0 Å². The maximum absolute atomic E-state index is 4.91. The summed E-state index contributed by atoms with van der Waals surface area (Å²) in [5.41, 5.74) is 6.42. The lowest BCUT2D eigenvalue weighted by Gasteiger charge is -2.05. The molecule has 0 amide bonds. The zero-order valence-electron chi connectivity index (χ0n) is 15.1. The SMILES string of the molecule is Cc1ncc(C)n2nc(C[C@H](C)c3cn4c(n3)-c3ccccc3C4)nc12. The summed E-state index contributed by atoms with van der Waals surface area (Å²) in [7, 11) is 0. The summed E-state index contributed by atoms with van der Waals surface area (Å²) < 4.78 is 4.12. The topological polar surface area (TPSA) is 60.9 Å². The number of fused-ring (bicyclic) bond motifs is 4. The van der Waals surface area contributed by atoms with Gasteiger partial charge in [0.15, 0.2) is 11.5 Å². The molecule has 6 heteroatoms. The Labute approximate surface area is 151 Å². The van der Waals surface area contributed by atoms with E-state index in [-0.39, 0.29) is 5.92 Å². The first-order chi connectivity index (χ1) is 12.6. The summed E-state index contributed by atoms with van der Waals surface area (Å²) in [5, 5.41) is 4.67. The monoisotopic (exact) mass is 344 g/mol. The minimum Gasteiger partial charge on any atom is -0.326 e. The second kappa shape index (κ2) is 5.49. The molecule has 130 valence electrons. The summed E-state index contributed by atoms with van der Waals surface area (Å²) in [5.74, 6) is 2.16. The second-order valence-corrected chi connectivity index (χ2v) is 7.13. The van der Waals surface area contributed by atoms with Crippen molar-refractivity contribution in [1.82, 2.24) is 29.1 Å². The Kier molecular flexibility index (Phi) is 3.22. The summed E-state index contributed by atoms with van der Waals surface area (Å²) in [6, 6.07) is 8.48. The lowest BCUT2D eigenvalue weighted by atomic mass is 10.0. The molecule has 0 bridgehead atoms. The molecule has 4 aromatic rings. The van der Waals surface area contributed by atoms with Crippen LogP contribution >= 0.6 is 0 Å². The third-order valence-electron chi connectivity index (χ3n) is 5.14. The Bertz CT molecular complexity index is 1100. The summed E-state index contributed by atoms with van der Waals surface area (Å²) >= 11 is 0. The zero-order chi connectivity index (χ0) is 17.8. The van der Waals surface area contributed by atoms with Crippen LogP contribution in [0.4, 0.5) is 0 Å². The molecule has 0 saturated heterocycles. The predicted molar refractivity (Wildman–Crippen MR) is 99.1 cm³/mol. The Morgan fingerprint density at radius 2 is 2.00 bits per heavy atom. The average Bonchev–Trinajstić information content (AvgIpc) is 3.30. The Morgan fingerprint density at radius 1 is 1.15 bits per heavy atom. The molecule has 6 nitrogen and oxygen atoms in total. The highest BCUT2D eigenvalue weighted by molar-refractivity contribution is 5.65. The van der Waals surface area contributed by atoms with Crippen molar-refractivity contribution in [2.45, 2.75) is 39.7 Å². The van der Waals surface area contributed by atoms with Gasteiger partial charge in [-0.1, -0.05) is 31.2 Å². The normalized spacial score (nSPS) is 13.8. The van der Waals surface area contributed by atoms with Gasteiger partial charge >= 0.3 is 0 Å². The molecule has 1 aliphatic heterocycles. The number of hydrogen-bond donors (Lipinski definition) is 0. The number of nitrogens with zero attached hydrogens (tertiary/aromatic N) is 6. The van der Waals surface area contributed by atoms with Gasteiger partial charge in [-0.15, -0.1) is 0 Å². The van der Waals surface area contributed by atoms with E-state index in [0.29, 0.717) is 0 Å². The van der Waals surface area contributed by atoms with Crippen LogP contribution < -0.4 is 0 Å². The Morgan fingerprint density at radius 3 is 2.85 bits per heavy atom. The third-order valence-corrected chi connectivity index (χ3v) is 5.14. The van der Waals surface area contributed by atoms with Gasteiger partial charge in [0.05, 0.1) is 17.1 Å². The van der Waals surface area contributed by atoms with Gasteiger partial charge in [0, 0.05) is 36.8 Å². The van der Waals surface area contributed by atoms with E-state index < -0.39 is 0 Å². The van der Waals surface area contributed by atoms with Crippen molar-refractivity contribution >= 4 is 5.65 Å². The van der Waals surface area contributed by atoms with E-state index in [4.69, 9.17) is 9.97 Å². The van der Waals surface area contributed by atoms with Crippen LogP contribution in [0.15, 0.2) is 36.7 Å². The van der Waals surface area contributed by atoms with E-state index in [9.17, 15) is 0 Å². The van der Waals surface area contributed by atoms with E-state index in [2.05, 4.69) is 52.0 Å². The molecule has 1 atom stereocenters. The Balaban J connectivity index is 1.45. The highest BCUT2D eigenvalue weighted by Crippen LogP contribution is 2.32. The van der Waals surface area contributed by atoms with Crippen LogP contribution in [0.1, 0.15) is 41.3 Å². The van der Waals surface area contributed by atoms with Crippen molar-refractivity contribution in [3.8, 4) is 11.4 Å². The standard InChI is InChI=1S/C20H20N6/c1-12(8-18-23-19-14(3)21-9-13(2)26(19)24-18)17-11-25-10-15-6-4-5-7-16(15)20(25)22-17/h4-7,9,11-12H,8,10H2,1-3H3/t12-/m0/s1.